The van der Waals surface area contributed by atoms with Gasteiger partial charge in [-0.1, -0.05) is 13.3 Å². The summed E-state index contributed by atoms with van der Waals surface area (Å²) in [5.74, 6) is -0.510. The number of benzene rings is 1. The standard InChI is InChI=1S/C12H17FN2O.ClH/c1-3-4-11(14)12(16)15-9-5-6-10(13)8(2)7-9;/h5-7,11H,3-4,14H2,1-2H3,(H,15,16);1H. The van der Waals surface area contributed by atoms with E-state index in [0.29, 0.717) is 17.7 Å². The van der Waals surface area contributed by atoms with Crippen LogP contribution in [-0.2, 0) is 4.79 Å². The molecule has 1 atom stereocenters. The summed E-state index contributed by atoms with van der Waals surface area (Å²) in [5.41, 5.74) is 6.74. The molecular weight excluding hydrogens is 243 g/mol. The van der Waals surface area contributed by atoms with Gasteiger partial charge in [-0.05, 0) is 37.1 Å². The molecule has 3 N–H and O–H groups in total. The monoisotopic (exact) mass is 260 g/mol. The Labute approximate surface area is 107 Å². The Morgan fingerprint density at radius 2 is 2.18 bits per heavy atom. The Kier molecular flexibility index (Phi) is 6.76. The highest BCUT2D eigenvalue weighted by Gasteiger charge is 2.12. The molecule has 0 saturated heterocycles. The predicted octanol–water partition coefficient (Wildman–Crippen LogP) is 2.62. The normalized spacial score (nSPS) is 11.5. The number of halogens is 2. The van der Waals surface area contributed by atoms with Gasteiger partial charge in [0.1, 0.15) is 5.82 Å². The molecule has 0 radical (unpaired) electrons. The van der Waals surface area contributed by atoms with E-state index < -0.39 is 6.04 Å². The van der Waals surface area contributed by atoms with E-state index >= 15 is 0 Å². The molecule has 1 unspecified atom stereocenters. The lowest BCUT2D eigenvalue weighted by molar-refractivity contribution is -0.117. The summed E-state index contributed by atoms with van der Waals surface area (Å²) in [4.78, 5) is 11.6. The van der Waals surface area contributed by atoms with Gasteiger partial charge in [0.05, 0.1) is 6.04 Å². The zero-order valence-electron chi connectivity index (χ0n) is 10.00. The maximum absolute atomic E-state index is 13.0. The van der Waals surface area contributed by atoms with E-state index in [2.05, 4.69) is 5.32 Å². The number of nitrogens with two attached hydrogens (primary N) is 1. The number of amides is 1. The summed E-state index contributed by atoms with van der Waals surface area (Å²) in [6, 6.07) is 3.94. The summed E-state index contributed by atoms with van der Waals surface area (Å²) in [6.07, 6.45) is 1.50. The fourth-order valence-electron chi connectivity index (χ4n) is 1.40. The number of hydrogen-bond acceptors (Lipinski definition) is 2. The Balaban J connectivity index is 0.00000256. The molecule has 3 nitrogen and oxygen atoms in total. The quantitative estimate of drug-likeness (QED) is 0.874. The average Bonchev–Trinajstić information content (AvgIpc) is 2.24. The lowest BCUT2D eigenvalue weighted by Crippen LogP contribution is -2.35. The summed E-state index contributed by atoms with van der Waals surface area (Å²) in [7, 11) is 0. The van der Waals surface area contributed by atoms with Gasteiger partial charge in [0.15, 0.2) is 0 Å². The number of anilines is 1. The van der Waals surface area contributed by atoms with Crippen LogP contribution in [0.4, 0.5) is 10.1 Å². The van der Waals surface area contributed by atoms with Crippen LogP contribution in [-0.4, -0.2) is 11.9 Å². The van der Waals surface area contributed by atoms with Crippen molar-refractivity contribution in [2.75, 3.05) is 5.32 Å². The second kappa shape index (κ2) is 7.25. The van der Waals surface area contributed by atoms with Gasteiger partial charge in [0.25, 0.3) is 0 Å². The number of nitrogens with one attached hydrogen (secondary N) is 1. The number of aryl methyl sites for hydroxylation is 1. The minimum absolute atomic E-state index is 0. The molecule has 0 bridgehead atoms. The van der Waals surface area contributed by atoms with Crippen LogP contribution in [0.3, 0.4) is 0 Å². The van der Waals surface area contributed by atoms with Crippen molar-refractivity contribution < 1.29 is 9.18 Å². The molecule has 1 rings (SSSR count). The Morgan fingerprint density at radius 1 is 1.53 bits per heavy atom. The maximum Gasteiger partial charge on any atom is 0.241 e. The molecular formula is C12H18ClFN2O. The van der Waals surface area contributed by atoms with Gasteiger partial charge in [-0.15, -0.1) is 12.4 Å². The first kappa shape index (κ1) is 15.9. The zero-order chi connectivity index (χ0) is 12.1. The molecule has 1 amide bonds. The molecule has 1 aromatic rings. The fourth-order valence-corrected chi connectivity index (χ4v) is 1.40. The van der Waals surface area contributed by atoms with Crippen LogP contribution in [0.1, 0.15) is 25.3 Å². The van der Waals surface area contributed by atoms with E-state index in [9.17, 15) is 9.18 Å². The third-order valence-electron chi connectivity index (χ3n) is 2.36. The number of hydrogen-bond donors (Lipinski definition) is 2. The van der Waals surface area contributed by atoms with Gasteiger partial charge in [0.2, 0.25) is 5.91 Å². The lowest BCUT2D eigenvalue weighted by atomic mass is 10.1. The van der Waals surface area contributed by atoms with Crippen molar-refractivity contribution in [3.8, 4) is 0 Å². The first-order valence-electron chi connectivity index (χ1n) is 5.37. The Bertz CT molecular complexity index is 385. The van der Waals surface area contributed by atoms with E-state index in [4.69, 9.17) is 5.73 Å². The molecule has 1 aromatic carbocycles. The van der Waals surface area contributed by atoms with Gasteiger partial charge in [-0.2, -0.15) is 0 Å². The van der Waals surface area contributed by atoms with Gasteiger partial charge in [0, 0.05) is 5.69 Å². The van der Waals surface area contributed by atoms with Gasteiger partial charge >= 0.3 is 0 Å². The van der Waals surface area contributed by atoms with E-state index in [0.717, 1.165) is 6.42 Å². The molecule has 0 aliphatic rings. The minimum atomic E-state index is -0.504. The van der Waals surface area contributed by atoms with E-state index in [1.54, 1.807) is 13.0 Å². The summed E-state index contributed by atoms with van der Waals surface area (Å²) in [5, 5.41) is 2.66. The highest BCUT2D eigenvalue weighted by Crippen LogP contribution is 2.14. The number of carbonyl (C=O) groups excluding carboxylic acids is 1. The number of carbonyl (C=O) groups is 1. The predicted molar refractivity (Wildman–Crippen MR) is 69.9 cm³/mol. The third-order valence-corrected chi connectivity index (χ3v) is 2.36. The summed E-state index contributed by atoms with van der Waals surface area (Å²) >= 11 is 0. The molecule has 0 spiro atoms. The van der Waals surface area contributed by atoms with Crippen LogP contribution in [0.25, 0.3) is 0 Å². The molecule has 0 aromatic heterocycles. The highest BCUT2D eigenvalue weighted by molar-refractivity contribution is 5.94. The second-order valence-electron chi connectivity index (χ2n) is 3.85. The molecule has 0 saturated carbocycles. The smallest absolute Gasteiger partial charge is 0.241 e. The van der Waals surface area contributed by atoms with Gasteiger partial charge in [-0.25, -0.2) is 4.39 Å². The first-order chi connectivity index (χ1) is 7.54. The maximum atomic E-state index is 13.0. The Hall–Kier alpha value is -1.13. The van der Waals surface area contributed by atoms with Crippen molar-refractivity contribution in [3.63, 3.8) is 0 Å². The van der Waals surface area contributed by atoms with E-state index in [-0.39, 0.29) is 24.1 Å². The number of rotatable bonds is 4. The topological polar surface area (TPSA) is 55.1 Å². The van der Waals surface area contributed by atoms with Crippen molar-refractivity contribution in [1.29, 1.82) is 0 Å². The van der Waals surface area contributed by atoms with Crippen molar-refractivity contribution in [2.45, 2.75) is 32.7 Å². The molecule has 0 aliphatic carbocycles. The van der Waals surface area contributed by atoms with Crippen molar-refractivity contribution in [3.05, 3.63) is 29.6 Å². The van der Waals surface area contributed by atoms with Crippen LogP contribution in [0.15, 0.2) is 18.2 Å². The van der Waals surface area contributed by atoms with Gasteiger partial charge in [-0.3, -0.25) is 4.79 Å². The average molecular weight is 261 g/mol. The third kappa shape index (κ3) is 4.71. The fraction of sp³-hybridized carbons (Fsp3) is 0.417. The van der Waals surface area contributed by atoms with Crippen LogP contribution < -0.4 is 11.1 Å². The van der Waals surface area contributed by atoms with Crippen molar-refractivity contribution in [1.82, 2.24) is 0 Å². The first-order valence-corrected chi connectivity index (χ1v) is 5.37. The van der Waals surface area contributed by atoms with Crippen molar-refractivity contribution in [2.24, 2.45) is 5.73 Å². The van der Waals surface area contributed by atoms with E-state index in [1.165, 1.54) is 12.1 Å². The minimum Gasteiger partial charge on any atom is -0.325 e. The summed E-state index contributed by atoms with van der Waals surface area (Å²) < 4.78 is 13.0. The molecule has 0 aliphatic heterocycles. The van der Waals surface area contributed by atoms with Crippen molar-refractivity contribution >= 4 is 24.0 Å². The molecule has 5 heteroatoms. The molecule has 17 heavy (non-hydrogen) atoms. The Morgan fingerprint density at radius 3 is 2.71 bits per heavy atom. The molecule has 96 valence electrons. The second-order valence-corrected chi connectivity index (χ2v) is 3.85. The van der Waals surface area contributed by atoms with Crippen LogP contribution >= 0.6 is 12.4 Å². The van der Waals surface area contributed by atoms with Crippen LogP contribution in [0.2, 0.25) is 0 Å². The van der Waals surface area contributed by atoms with Crippen LogP contribution in [0, 0.1) is 12.7 Å². The highest BCUT2D eigenvalue weighted by atomic mass is 35.5. The lowest BCUT2D eigenvalue weighted by Gasteiger charge is -2.11. The molecule has 0 fully saturated rings. The van der Waals surface area contributed by atoms with E-state index in [1.807, 2.05) is 6.92 Å². The van der Waals surface area contributed by atoms with Crippen LogP contribution in [0.5, 0.6) is 0 Å². The van der Waals surface area contributed by atoms with Gasteiger partial charge < -0.3 is 11.1 Å². The summed E-state index contributed by atoms with van der Waals surface area (Å²) in [6.45, 7) is 3.62. The largest absolute Gasteiger partial charge is 0.325 e. The molecule has 0 heterocycles. The zero-order valence-corrected chi connectivity index (χ0v) is 10.8. The SMILES string of the molecule is CCCC(N)C(=O)Nc1ccc(F)c(C)c1.Cl.